The van der Waals surface area contributed by atoms with Gasteiger partial charge in [0.05, 0.1) is 29.8 Å². The lowest BCUT2D eigenvalue weighted by Crippen LogP contribution is -2.26. The summed E-state index contributed by atoms with van der Waals surface area (Å²) in [6, 6.07) is 3.39. The summed E-state index contributed by atoms with van der Waals surface area (Å²) in [7, 11) is 0. The number of carbonyl (C=O) groups excluding carboxylic acids is 1. The molecule has 1 amide bonds. The second-order valence-electron chi connectivity index (χ2n) is 5.57. The highest BCUT2D eigenvalue weighted by atomic mass is 19.2. The van der Waals surface area contributed by atoms with Crippen molar-refractivity contribution in [3.05, 3.63) is 58.7 Å². The van der Waals surface area contributed by atoms with Gasteiger partial charge in [-0.2, -0.15) is 5.10 Å². The number of aromatic amines is 1. The van der Waals surface area contributed by atoms with Gasteiger partial charge in [0.25, 0.3) is 5.91 Å². The molecule has 0 radical (unpaired) electrons. The first-order valence-corrected chi connectivity index (χ1v) is 7.22. The monoisotopic (exact) mass is 330 g/mol. The van der Waals surface area contributed by atoms with Gasteiger partial charge < -0.3 is 4.90 Å². The van der Waals surface area contributed by atoms with E-state index in [9.17, 15) is 13.6 Å². The number of nitrogens with one attached hydrogen (secondary N) is 1. The second kappa shape index (κ2) is 5.22. The molecule has 1 aliphatic heterocycles. The zero-order valence-corrected chi connectivity index (χ0v) is 12.6. The normalized spacial score (nSPS) is 13.4. The summed E-state index contributed by atoms with van der Waals surface area (Å²) >= 11 is 0. The molecule has 0 bridgehead atoms. The molecule has 2 aromatic heterocycles. The SMILES string of the molecule is Cc1c(C(=O)N2Cc3cn[nH]c3C2)nnn1-c1ccc(F)c(F)c1. The van der Waals surface area contributed by atoms with E-state index in [1.807, 2.05) is 0 Å². The van der Waals surface area contributed by atoms with Gasteiger partial charge in [0.15, 0.2) is 17.3 Å². The Bertz CT molecular complexity index is 927. The number of benzene rings is 1. The number of rotatable bonds is 2. The Hall–Kier alpha value is -3.10. The smallest absolute Gasteiger partial charge is 0.276 e. The molecule has 0 atom stereocenters. The van der Waals surface area contributed by atoms with E-state index in [0.717, 1.165) is 23.4 Å². The van der Waals surface area contributed by atoms with Gasteiger partial charge in [0, 0.05) is 18.2 Å². The van der Waals surface area contributed by atoms with Crippen LogP contribution in [0.1, 0.15) is 27.4 Å². The standard InChI is InChI=1S/C15H12F2N6O/c1-8-14(15(24)22-6-9-5-18-19-13(9)7-22)20-21-23(8)10-2-3-11(16)12(17)4-10/h2-5H,6-7H2,1H3,(H,18,19). The van der Waals surface area contributed by atoms with Crippen LogP contribution >= 0.6 is 0 Å². The fourth-order valence-corrected chi connectivity index (χ4v) is 2.75. The van der Waals surface area contributed by atoms with Gasteiger partial charge in [0.2, 0.25) is 0 Å². The summed E-state index contributed by atoms with van der Waals surface area (Å²) in [5, 5.41) is 14.6. The number of hydrogen-bond donors (Lipinski definition) is 1. The van der Waals surface area contributed by atoms with Crippen LogP contribution in [0.4, 0.5) is 8.78 Å². The summed E-state index contributed by atoms with van der Waals surface area (Å²) in [4.78, 5) is 14.3. The van der Waals surface area contributed by atoms with Crippen LogP contribution in [0.2, 0.25) is 0 Å². The first kappa shape index (κ1) is 14.5. The molecule has 0 fully saturated rings. The van der Waals surface area contributed by atoms with E-state index in [0.29, 0.717) is 24.5 Å². The van der Waals surface area contributed by atoms with Crippen LogP contribution in [0.15, 0.2) is 24.4 Å². The van der Waals surface area contributed by atoms with Crippen LogP contribution in [-0.4, -0.2) is 36.0 Å². The third-order valence-electron chi connectivity index (χ3n) is 4.05. The molecule has 3 aromatic rings. The number of halogens is 2. The Balaban J connectivity index is 1.63. The molecular formula is C15H12F2N6O. The lowest BCUT2D eigenvalue weighted by molar-refractivity contribution is 0.0742. The molecule has 7 nitrogen and oxygen atoms in total. The van der Waals surface area contributed by atoms with Gasteiger partial charge in [-0.25, -0.2) is 13.5 Å². The molecule has 0 unspecified atom stereocenters. The van der Waals surface area contributed by atoms with E-state index in [-0.39, 0.29) is 11.6 Å². The molecule has 0 saturated heterocycles. The average Bonchev–Trinajstić information content (AvgIpc) is 3.23. The number of hydrogen-bond acceptors (Lipinski definition) is 4. The quantitative estimate of drug-likeness (QED) is 0.776. The molecule has 3 heterocycles. The highest BCUT2D eigenvalue weighted by Gasteiger charge is 2.29. The molecular weight excluding hydrogens is 318 g/mol. The zero-order valence-electron chi connectivity index (χ0n) is 12.6. The number of H-pyrrole nitrogens is 1. The molecule has 0 aliphatic carbocycles. The fourth-order valence-electron chi connectivity index (χ4n) is 2.75. The predicted molar refractivity (Wildman–Crippen MR) is 78.2 cm³/mol. The lowest BCUT2D eigenvalue weighted by Gasteiger charge is -2.14. The van der Waals surface area contributed by atoms with Gasteiger partial charge in [-0.3, -0.25) is 9.89 Å². The summed E-state index contributed by atoms with van der Waals surface area (Å²) in [6.07, 6.45) is 1.69. The fraction of sp³-hybridized carbons (Fsp3) is 0.200. The van der Waals surface area contributed by atoms with Crippen molar-refractivity contribution < 1.29 is 13.6 Å². The molecule has 1 N–H and O–H groups in total. The van der Waals surface area contributed by atoms with E-state index < -0.39 is 11.6 Å². The molecule has 122 valence electrons. The minimum absolute atomic E-state index is 0.179. The van der Waals surface area contributed by atoms with Gasteiger partial charge in [-0.05, 0) is 19.1 Å². The Morgan fingerprint density at radius 1 is 1.25 bits per heavy atom. The number of nitrogens with zero attached hydrogens (tertiary/aromatic N) is 5. The van der Waals surface area contributed by atoms with Gasteiger partial charge in [-0.1, -0.05) is 5.21 Å². The van der Waals surface area contributed by atoms with Crippen LogP contribution < -0.4 is 0 Å². The average molecular weight is 330 g/mol. The number of carbonyl (C=O) groups is 1. The topological polar surface area (TPSA) is 79.7 Å². The van der Waals surface area contributed by atoms with Crippen LogP contribution in [0, 0.1) is 18.6 Å². The van der Waals surface area contributed by atoms with Gasteiger partial charge in [-0.15, -0.1) is 5.10 Å². The van der Waals surface area contributed by atoms with Crippen LogP contribution in [0.5, 0.6) is 0 Å². The summed E-state index contributed by atoms with van der Waals surface area (Å²) in [6.45, 7) is 2.53. The predicted octanol–water partition coefficient (Wildman–Crippen LogP) is 1.73. The Morgan fingerprint density at radius 2 is 2.08 bits per heavy atom. The van der Waals surface area contributed by atoms with E-state index in [1.54, 1.807) is 18.0 Å². The molecule has 4 rings (SSSR count). The molecule has 1 aromatic carbocycles. The summed E-state index contributed by atoms with van der Waals surface area (Å²) < 4.78 is 27.8. The van der Waals surface area contributed by atoms with Crippen LogP contribution in [0.3, 0.4) is 0 Å². The maximum atomic E-state index is 13.4. The number of aromatic nitrogens is 5. The van der Waals surface area contributed by atoms with E-state index >= 15 is 0 Å². The molecule has 1 aliphatic rings. The first-order chi connectivity index (χ1) is 11.5. The molecule has 0 saturated carbocycles. The summed E-state index contributed by atoms with van der Waals surface area (Å²) in [5.41, 5.74) is 2.80. The van der Waals surface area contributed by atoms with Gasteiger partial charge in [0.1, 0.15) is 0 Å². The minimum Gasteiger partial charge on any atom is -0.327 e. The van der Waals surface area contributed by atoms with E-state index in [2.05, 4.69) is 20.5 Å². The largest absolute Gasteiger partial charge is 0.327 e. The van der Waals surface area contributed by atoms with Crippen LogP contribution in [-0.2, 0) is 13.1 Å². The Morgan fingerprint density at radius 3 is 2.83 bits per heavy atom. The van der Waals surface area contributed by atoms with Crippen molar-refractivity contribution >= 4 is 5.91 Å². The van der Waals surface area contributed by atoms with E-state index in [4.69, 9.17) is 0 Å². The van der Waals surface area contributed by atoms with Crippen molar-refractivity contribution in [2.45, 2.75) is 20.0 Å². The van der Waals surface area contributed by atoms with Crippen molar-refractivity contribution in [1.29, 1.82) is 0 Å². The van der Waals surface area contributed by atoms with Crippen molar-refractivity contribution in [1.82, 2.24) is 30.1 Å². The second-order valence-corrected chi connectivity index (χ2v) is 5.57. The van der Waals surface area contributed by atoms with E-state index in [1.165, 1.54) is 10.7 Å². The van der Waals surface area contributed by atoms with Gasteiger partial charge >= 0.3 is 0 Å². The maximum absolute atomic E-state index is 13.4. The highest BCUT2D eigenvalue weighted by Crippen LogP contribution is 2.23. The van der Waals surface area contributed by atoms with Crippen LogP contribution in [0.25, 0.3) is 5.69 Å². The minimum atomic E-state index is -0.985. The third kappa shape index (κ3) is 2.16. The van der Waals surface area contributed by atoms with Crippen molar-refractivity contribution in [2.75, 3.05) is 0 Å². The number of fused-ring (bicyclic) bond motifs is 1. The third-order valence-corrected chi connectivity index (χ3v) is 4.05. The first-order valence-electron chi connectivity index (χ1n) is 7.22. The molecule has 0 spiro atoms. The van der Waals surface area contributed by atoms with Crippen molar-refractivity contribution in [3.63, 3.8) is 0 Å². The maximum Gasteiger partial charge on any atom is 0.276 e. The Labute approximate surface area is 134 Å². The number of amides is 1. The van der Waals surface area contributed by atoms with Crippen molar-refractivity contribution in [3.8, 4) is 5.69 Å². The lowest BCUT2D eigenvalue weighted by atomic mass is 10.2. The van der Waals surface area contributed by atoms with Crippen molar-refractivity contribution in [2.24, 2.45) is 0 Å². The zero-order chi connectivity index (χ0) is 16.8. The highest BCUT2D eigenvalue weighted by molar-refractivity contribution is 5.93. The Kier molecular flexibility index (Phi) is 3.15. The molecule has 24 heavy (non-hydrogen) atoms. The summed E-state index contributed by atoms with van der Waals surface area (Å²) in [5.74, 6) is -2.20. The molecule has 9 heteroatoms.